The van der Waals surface area contributed by atoms with Crippen molar-refractivity contribution < 1.29 is 9.16 Å². The first-order valence-electron chi connectivity index (χ1n) is 9.85. The van der Waals surface area contributed by atoms with E-state index in [1.807, 2.05) is 0 Å². The highest BCUT2D eigenvalue weighted by atomic mass is 79.9. The van der Waals surface area contributed by atoms with E-state index in [1.54, 1.807) is 0 Å². The first-order valence-corrected chi connectivity index (χ1v) is 12.7. The molecule has 1 fully saturated rings. The third-order valence-corrected chi connectivity index (χ3v) is 11.7. The van der Waals surface area contributed by atoms with E-state index in [-0.39, 0.29) is 5.04 Å². The number of ether oxygens (including phenoxy) is 1. The molecule has 0 unspecified atom stereocenters. The van der Waals surface area contributed by atoms with Gasteiger partial charge >= 0.3 is 0 Å². The van der Waals surface area contributed by atoms with Crippen LogP contribution in [0.15, 0.2) is 60.7 Å². The van der Waals surface area contributed by atoms with Crippen LogP contribution in [-0.2, 0) is 9.16 Å². The molecule has 0 spiro atoms. The van der Waals surface area contributed by atoms with Gasteiger partial charge in [0.25, 0.3) is 8.32 Å². The monoisotopic (exact) mass is 446 g/mol. The van der Waals surface area contributed by atoms with Crippen molar-refractivity contribution >= 4 is 34.6 Å². The minimum Gasteiger partial charge on any atom is -0.407 e. The summed E-state index contributed by atoms with van der Waals surface area (Å²) in [5, 5.41) is 2.68. The third-order valence-electron chi connectivity index (χ3n) is 5.59. The smallest absolute Gasteiger partial charge is 0.261 e. The van der Waals surface area contributed by atoms with E-state index in [9.17, 15) is 0 Å². The Labute approximate surface area is 173 Å². The van der Waals surface area contributed by atoms with Crippen LogP contribution < -0.4 is 10.4 Å². The van der Waals surface area contributed by atoms with Gasteiger partial charge in [-0.2, -0.15) is 0 Å². The molecule has 0 aromatic heterocycles. The van der Waals surface area contributed by atoms with Crippen LogP contribution >= 0.6 is 15.9 Å². The summed E-state index contributed by atoms with van der Waals surface area (Å²) in [6.07, 6.45) is 1.35. The van der Waals surface area contributed by atoms with Gasteiger partial charge in [0.1, 0.15) is 0 Å². The molecule has 0 radical (unpaired) electrons. The minimum atomic E-state index is -2.46. The van der Waals surface area contributed by atoms with Crippen LogP contribution in [0.2, 0.25) is 5.04 Å². The lowest BCUT2D eigenvalue weighted by molar-refractivity contribution is -0.0132. The van der Waals surface area contributed by atoms with Crippen molar-refractivity contribution in [3.05, 3.63) is 60.7 Å². The average molecular weight is 447 g/mol. The summed E-state index contributed by atoms with van der Waals surface area (Å²) in [7, 11) is -2.46. The second-order valence-electron chi connectivity index (χ2n) is 8.63. The Morgan fingerprint density at radius 3 is 1.96 bits per heavy atom. The summed E-state index contributed by atoms with van der Waals surface area (Å²) in [6, 6.07) is 21.7. The molecule has 2 nitrogen and oxygen atoms in total. The number of alkyl halides is 1. The van der Waals surface area contributed by atoms with Gasteiger partial charge < -0.3 is 9.16 Å². The molecular formula is C23H31BrO2Si. The lowest BCUT2D eigenvalue weighted by Gasteiger charge is -2.44. The van der Waals surface area contributed by atoms with Gasteiger partial charge in [-0.1, -0.05) is 97.4 Å². The Hall–Kier alpha value is -0.943. The number of halogens is 1. The zero-order valence-corrected chi connectivity index (χ0v) is 19.4. The molecule has 4 heteroatoms. The molecule has 1 saturated heterocycles. The van der Waals surface area contributed by atoms with E-state index < -0.39 is 8.32 Å². The predicted octanol–water partition coefficient (Wildman–Crippen LogP) is 4.75. The molecule has 0 bridgehead atoms. The molecule has 146 valence electrons. The molecule has 3 atom stereocenters. The summed E-state index contributed by atoms with van der Waals surface area (Å²) in [4.78, 5) is 0.444. The molecule has 0 saturated carbocycles. The number of hydrogen-bond acceptors (Lipinski definition) is 2. The normalized spacial score (nSPS) is 24.0. The highest BCUT2D eigenvalue weighted by Gasteiger charge is 2.50. The van der Waals surface area contributed by atoms with Crippen LogP contribution in [-0.4, -0.2) is 32.5 Å². The first-order chi connectivity index (χ1) is 12.8. The molecule has 1 aliphatic rings. The fraction of sp³-hybridized carbons (Fsp3) is 0.478. The van der Waals surface area contributed by atoms with Crippen molar-refractivity contribution in [3.63, 3.8) is 0 Å². The van der Waals surface area contributed by atoms with E-state index in [0.29, 0.717) is 16.8 Å². The van der Waals surface area contributed by atoms with Crippen molar-refractivity contribution in [3.8, 4) is 0 Å². The van der Waals surface area contributed by atoms with Crippen LogP contribution in [0.5, 0.6) is 0 Å². The van der Waals surface area contributed by atoms with Gasteiger partial charge in [0.15, 0.2) is 0 Å². The van der Waals surface area contributed by atoms with Crippen LogP contribution in [0.3, 0.4) is 0 Å². The quantitative estimate of drug-likeness (QED) is 0.487. The number of rotatable bonds is 5. The molecule has 0 amide bonds. The average Bonchev–Trinajstić information content (AvgIpc) is 2.64. The van der Waals surface area contributed by atoms with Crippen LogP contribution in [0.4, 0.5) is 0 Å². The van der Waals surface area contributed by atoms with Crippen LogP contribution in [0, 0.1) is 5.92 Å². The van der Waals surface area contributed by atoms with Gasteiger partial charge in [0.05, 0.1) is 12.7 Å². The summed E-state index contributed by atoms with van der Waals surface area (Å²) in [5.74, 6) is 0.378. The maximum atomic E-state index is 7.04. The Kier molecular flexibility index (Phi) is 6.62. The lowest BCUT2D eigenvalue weighted by atomic mass is 10.00. The van der Waals surface area contributed by atoms with Crippen molar-refractivity contribution in [2.75, 3.05) is 13.2 Å². The van der Waals surface area contributed by atoms with Crippen LogP contribution in [0.25, 0.3) is 0 Å². The maximum Gasteiger partial charge on any atom is 0.261 e. The summed E-state index contributed by atoms with van der Waals surface area (Å²) in [5.41, 5.74) is 0. The van der Waals surface area contributed by atoms with Crippen molar-refractivity contribution in [1.82, 2.24) is 0 Å². The zero-order chi connectivity index (χ0) is 19.5. The first kappa shape index (κ1) is 20.8. The van der Waals surface area contributed by atoms with Gasteiger partial charge in [0, 0.05) is 17.4 Å². The molecule has 1 aliphatic heterocycles. The topological polar surface area (TPSA) is 18.5 Å². The molecule has 3 rings (SSSR count). The Bertz CT molecular complexity index is 675. The maximum absolute atomic E-state index is 7.04. The minimum absolute atomic E-state index is 0.0142. The SMILES string of the molecule is C[C@@H]1C[C@H](Br)[C@@H](CO[Si](c2ccccc2)(c2ccccc2)C(C)(C)C)CO1. The fourth-order valence-electron chi connectivity index (χ4n) is 4.12. The Balaban J connectivity index is 1.99. The zero-order valence-electron chi connectivity index (χ0n) is 16.8. The Morgan fingerprint density at radius 2 is 1.52 bits per heavy atom. The van der Waals surface area contributed by atoms with E-state index in [1.165, 1.54) is 10.4 Å². The lowest BCUT2D eigenvalue weighted by Crippen LogP contribution is -2.67. The predicted molar refractivity (Wildman–Crippen MR) is 120 cm³/mol. The van der Waals surface area contributed by atoms with E-state index in [4.69, 9.17) is 9.16 Å². The second-order valence-corrected chi connectivity index (χ2v) is 14.1. The highest BCUT2D eigenvalue weighted by Crippen LogP contribution is 2.38. The summed E-state index contributed by atoms with van der Waals surface area (Å²) in [6.45, 7) is 10.6. The standard InChI is InChI=1S/C23H31BrO2Si/c1-18-15-22(24)19(16-25-18)17-26-27(23(2,3)4,20-11-7-5-8-12-20)21-13-9-6-10-14-21/h5-14,18-19,22H,15-17H2,1-4H3/t18-,19-,22+/m1/s1. The Morgan fingerprint density at radius 1 is 1.00 bits per heavy atom. The van der Waals surface area contributed by atoms with E-state index in [0.717, 1.165) is 19.6 Å². The molecule has 2 aromatic carbocycles. The molecule has 27 heavy (non-hydrogen) atoms. The van der Waals surface area contributed by atoms with Gasteiger partial charge in [-0.05, 0) is 28.8 Å². The highest BCUT2D eigenvalue weighted by molar-refractivity contribution is 9.09. The van der Waals surface area contributed by atoms with Gasteiger partial charge in [-0.3, -0.25) is 0 Å². The fourth-order valence-corrected chi connectivity index (χ4v) is 9.57. The van der Waals surface area contributed by atoms with Crippen LogP contribution in [0.1, 0.15) is 34.1 Å². The molecular weight excluding hydrogens is 416 g/mol. The second kappa shape index (κ2) is 8.60. The number of hydrogen-bond donors (Lipinski definition) is 0. The molecule has 1 heterocycles. The van der Waals surface area contributed by atoms with Gasteiger partial charge in [-0.15, -0.1) is 0 Å². The van der Waals surface area contributed by atoms with Gasteiger partial charge in [0.2, 0.25) is 0 Å². The van der Waals surface area contributed by atoms with E-state index >= 15 is 0 Å². The molecule has 2 aromatic rings. The molecule has 0 aliphatic carbocycles. The van der Waals surface area contributed by atoms with E-state index in [2.05, 4.69) is 104 Å². The van der Waals surface area contributed by atoms with Crippen molar-refractivity contribution in [1.29, 1.82) is 0 Å². The molecule has 0 N–H and O–H groups in total. The summed E-state index contributed by atoms with van der Waals surface area (Å²) < 4.78 is 13.0. The van der Waals surface area contributed by atoms with Crippen molar-refractivity contribution in [2.24, 2.45) is 5.92 Å². The number of benzene rings is 2. The third kappa shape index (κ3) is 4.39. The summed E-state index contributed by atoms with van der Waals surface area (Å²) >= 11 is 3.88. The van der Waals surface area contributed by atoms with Gasteiger partial charge in [-0.25, -0.2) is 0 Å². The van der Waals surface area contributed by atoms with Crippen molar-refractivity contribution in [2.45, 2.75) is 50.1 Å². The largest absolute Gasteiger partial charge is 0.407 e.